The zero-order valence-corrected chi connectivity index (χ0v) is 11.3. The fraction of sp³-hybridized carbons (Fsp3) is 0.400. The molecule has 0 heterocycles. The summed E-state index contributed by atoms with van der Waals surface area (Å²) in [7, 11) is 0. The normalized spacial score (nSPS) is 14.9. The molecule has 0 unspecified atom stereocenters. The standard InChI is InChI=1S/C10H2F12O4/c11-7(12,13)3(23)1-5(9(17,18)19)25-26-6(10(20,21)22)2-4(24)8(14,15)16/h1-2H/b5-1-,6-2-. The van der Waals surface area contributed by atoms with Crippen molar-refractivity contribution in [2.24, 2.45) is 0 Å². The summed E-state index contributed by atoms with van der Waals surface area (Å²) in [6.07, 6.45) is -26.5. The molecule has 0 bridgehead atoms. The first-order valence-electron chi connectivity index (χ1n) is 5.41. The van der Waals surface area contributed by atoms with Crippen molar-refractivity contribution in [1.82, 2.24) is 0 Å². The first-order valence-corrected chi connectivity index (χ1v) is 5.41. The first kappa shape index (κ1) is 23.6. The quantitative estimate of drug-likeness (QED) is 0.224. The molecule has 0 N–H and O–H groups in total. The van der Waals surface area contributed by atoms with E-state index in [1.807, 2.05) is 0 Å². The molecule has 0 aliphatic heterocycles. The third kappa shape index (κ3) is 7.64. The van der Waals surface area contributed by atoms with Gasteiger partial charge in [0.25, 0.3) is 23.1 Å². The zero-order chi connectivity index (χ0) is 21.1. The van der Waals surface area contributed by atoms with Gasteiger partial charge in [-0.25, -0.2) is 0 Å². The Balaban J connectivity index is 5.72. The number of alkyl halides is 12. The molecule has 0 aromatic heterocycles. The smallest absolute Gasteiger partial charge is 0.285 e. The second-order valence-corrected chi connectivity index (χ2v) is 3.90. The monoisotopic (exact) mass is 414 g/mol. The van der Waals surface area contributed by atoms with Crippen LogP contribution in [0.15, 0.2) is 23.7 Å². The number of carbonyl (C=O) groups excluding carboxylic acids is 2. The van der Waals surface area contributed by atoms with Crippen LogP contribution in [0.25, 0.3) is 0 Å². The minimum absolute atomic E-state index is 1.35. The summed E-state index contributed by atoms with van der Waals surface area (Å²) in [5.74, 6) is -12.6. The molecule has 0 aliphatic carbocycles. The predicted octanol–water partition coefficient (Wildman–Crippen LogP) is 4.09. The van der Waals surface area contributed by atoms with Crippen LogP contribution in [-0.4, -0.2) is 36.3 Å². The van der Waals surface area contributed by atoms with Crippen molar-refractivity contribution < 1.29 is 72.0 Å². The lowest BCUT2D eigenvalue weighted by molar-refractivity contribution is -0.303. The van der Waals surface area contributed by atoms with Gasteiger partial charge in [-0.2, -0.15) is 52.7 Å². The van der Waals surface area contributed by atoms with Crippen LogP contribution in [0.4, 0.5) is 52.7 Å². The van der Waals surface area contributed by atoms with Crippen LogP contribution in [0.3, 0.4) is 0 Å². The van der Waals surface area contributed by atoms with Crippen LogP contribution >= 0.6 is 0 Å². The first-order chi connectivity index (χ1) is 11.3. The minimum atomic E-state index is -6.01. The Bertz CT molecular complexity index is 547. The maximum Gasteiger partial charge on any atom is 0.454 e. The molecule has 26 heavy (non-hydrogen) atoms. The summed E-state index contributed by atoms with van der Waals surface area (Å²) >= 11 is 0. The van der Waals surface area contributed by atoms with Crippen LogP contribution in [0.1, 0.15) is 0 Å². The van der Waals surface area contributed by atoms with E-state index in [-0.39, 0.29) is 0 Å². The van der Waals surface area contributed by atoms with Gasteiger partial charge in [-0.3, -0.25) is 19.4 Å². The predicted molar refractivity (Wildman–Crippen MR) is 52.6 cm³/mol. The average Bonchev–Trinajstić information content (AvgIpc) is 2.36. The lowest BCUT2D eigenvalue weighted by Gasteiger charge is -2.15. The molecule has 0 atom stereocenters. The molecule has 0 saturated heterocycles. The van der Waals surface area contributed by atoms with Gasteiger partial charge in [-0.05, 0) is 0 Å². The number of allylic oxidation sites excluding steroid dienone is 4. The molecule has 0 radical (unpaired) electrons. The van der Waals surface area contributed by atoms with Gasteiger partial charge in [0, 0.05) is 12.2 Å². The highest BCUT2D eigenvalue weighted by atomic mass is 19.4. The molecule has 150 valence electrons. The summed E-state index contributed by atoms with van der Waals surface area (Å²) in [4.78, 5) is 26.6. The second kappa shape index (κ2) is 7.45. The molecule has 4 nitrogen and oxygen atoms in total. The van der Waals surface area contributed by atoms with Gasteiger partial charge in [0.15, 0.2) is 0 Å². The lowest BCUT2D eigenvalue weighted by atomic mass is 10.3. The SMILES string of the molecule is O=C(/C=C(\OO/C(=C\C(=O)C(F)(F)F)C(F)(F)F)C(F)(F)F)C(F)(F)F. The van der Waals surface area contributed by atoms with Gasteiger partial charge in [0.05, 0.1) is 0 Å². The Morgan fingerprint density at radius 3 is 0.885 bits per heavy atom. The van der Waals surface area contributed by atoms with E-state index in [1.165, 1.54) is 0 Å². The van der Waals surface area contributed by atoms with Crippen molar-refractivity contribution >= 4 is 11.6 Å². The highest BCUT2D eigenvalue weighted by Gasteiger charge is 2.47. The van der Waals surface area contributed by atoms with Crippen molar-refractivity contribution in [2.75, 3.05) is 0 Å². The number of hydrogen-bond donors (Lipinski definition) is 0. The van der Waals surface area contributed by atoms with Crippen LogP contribution in [0.2, 0.25) is 0 Å². The molecule has 0 aromatic carbocycles. The Kier molecular flexibility index (Phi) is 6.75. The Morgan fingerprint density at radius 1 is 0.500 bits per heavy atom. The molecule has 0 amide bonds. The van der Waals surface area contributed by atoms with Crippen LogP contribution < -0.4 is 0 Å². The molecular formula is C10H2F12O4. The van der Waals surface area contributed by atoms with Crippen molar-refractivity contribution in [3.63, 3.8) is 0 Å². The fourth-order valence-electron chi connectivity index (χ4n) is 0.798. The third-order valence-corrected chi connectivity index (χ3v) is 1.86. The highest BCUT2D eigenvalue weighted by molar-refractivity contribution is 5.95. The van der Waals surface area contributed by atoms with E-state index in [4.69, 9.17) is 0 Å². The summed E-state index contributed by atoms with van der Waals surface area (Å²) < 4.78 is 145. The summed E-state index contributed by atoms with van der Waals surface area (Å²) in [6, 6.07) is 0. The van der Waals surface area contributed by atoms with E-state index < -0.39 is 59.9 Å². The number of rotatable bonds is 5. The van der Waals surface area contributed by atoms with Crippen molar-refractivity contribution in [2.45, 2.75) is 24.7 Å². The van der Waals surface area contributed by atoms with E-state index in [1.54, 1.807) is 0 Å². The number of halogens is 12. The zero-order valence-electron chi connectivity index (χ0n) is 11.3. The minimum Gasteiger partial charge on any atom is -0.285 e. The summed E-state index contributed by atoms with van der Waals surface area (Å²) in [5.41, 5.74) is 0. The van der Waals surface area contributed by atoms with Gasteiger partial charge in [-0.15, -0.1) is 0 Å². The van der Waals surface area contributed by atoms with Gasteiger partial charge in [0.1, 0.15) is 0 Å². The lowest BCUT2D eigenvalue weighted by Crippen LogP contribution is -2.26. The highest BCUT2D eigenvalue weighted by Crippen LogP contribution is 2.33. The summed E-state index contributed by atoms with van der Waals surface area (Å²) in [6.45, 7) is 0. The van der Waals surface area contributed by atoms with Crippen molar-refractivity contribution in [1.29, 1.82) is 0 Å². The molecule has 0 spiro atoms. The molecule has 0 rings (SSSR count). The maximum absolute atomic E-state index is 12.3. The molecule has 16 heteroatoms. The molecule has 0 aromatic rings. The van der Waals surface area contributed by atoms with E-state index in [0.29, 0.717) is 0 Å². The maximum atomic E-state index is 12.3. The largest absolute Gasteiger partial charge is 0.454 e. The Morgan fingerprint density at radius 2 is 0.731 bits per heavy atom. The number of carbonyl (C=O) groups is 2. The Hall–Kier alpha value is -2.42. The van der Waals surface area contributed by atoms with Gasteiger partial charge in [-0.1, -0.05) is 0 Å². The van der Waals surface area contributed by atoms with E-state index in [9.17, 15) is 62.3 Å². The van der Waals surface area contributed by atoms with Crippen molar-refractivity contribution in [3.8, 4) is 0 Å². The molecule has 0 aliphatic rings. The average molecular weight is 414 g/mol. The molecule has 0 fully saturated rings. The van der Waals surface area contributed by atoms with Crippen LogP contribution in [0.5, 0.6) is 0 Å². The second-order valence-electron chi connectivity index (χ2n) is 3.90. The van der Waals surface area contributed by atoms with Gasteiger partial charge in [0.2, 0.25) is 0 Å². The van der Waals surface area contributed by atoms with E-state index in [0.717, 1.165) is 0 Å². The van der Waals surface area contributed by atoms with Crippen molar-refractivity contribution in [3.05, 3.63) is 23.7 Å². The van der Waals surface area contributed by atoms with Crippen LogP contribution in [-0.2, 0) is 19.4 Å². The van der Waals surface area contributed by atoms with Crippen LogP contribution in [0, 0.1) is 0 Å². The summed E-state index contributed by atoms with van der Waals surface area (Å²) in [5, 5.41) is 0. The third-order valence-electron chi connectivity index (χ3n) is 1.86. The number of hydrogen-bond acceptors (Lipinski definition) is 4. The fourth-order valence-corrected chi connectivity index (χ4v) is 0.798. The van der Waals surface area contributed by atoms with Gasteiger partial charge < -0.3 is 0 Å². The van der Waals surface area contributed by atoms with E-state index in [2.05, 4.69) is 9.78 Å². The number of ketones is 2. The Labute approximate surface area is 133 Å². The van der Waals surface area contributed by atoms with E-state index >= 15 is 0 Å². The molecular weight excluding hydrogens is 412 g/mol. The topological polar surface area (TPSA) is 52.6 Å². The molecule has 0 saturated carbocycles. The van der Waals surface area contributed by atoms with Gasteiger partial charge >= 0.3 is 24.7 Å².